The van der Waals surface area contributed by atoms with Crippen molar-refractivity contribution >= 4 is 35.0 Å². The van der Waals surface area contributed by atoms with Gasteiger partial charge in [-0.05, 0) is 80.3 Å². The number of carbonyl (C=O) groups is 1. The zero-order chi connectivity index (χ0) is 26.5. The Morgan fingerprint density at radius 1 is 1.21 bits per heavy atom. The second-order valence-electron chi connectivity index (χ2n) is 10.2. The normalized spacial score (nSPS) is 20.4. The number of rotatable bonds is 10. The predicted molar refractivity (Wildman–Crippen MR) is 147 cm³/mol. The van der Waals surface area contributed by atoms with Gasteiger partial charge in [0.2, 0.25) is 6.86 Å². The zero-order valence-corrected chi connectivity index (χ0v) is 22.6. The summed E-state index contributed by atoms with van der Waals surface area (Å²) in [4.78, 5) is 23.4. The molecule has 2 aliphatic heterocycles. The maximum atomic E-state index is 13.4. The Hall–Kier alpha value is -2.60. The van der Waals surface area contributed by atoms with Crippen LogP contribution in [0.2, 0.25) is 0 Å². The fourth-order valence-corrected chi connectivity index (χ4v) is 5.84. The van der Waals surface area contributed by atoms with E-state index in [1.54, 1.807) is 12.1 Å². The van der Waals surface area contributed by atoms with Crippen molar-refractivity contribution in [3.63, 3.8) is 0 Å². The second-order valence-corrected chi connectivity index (χ2v) is 11.2. The predicted octanol–water partition coefficient (Wildman–Crippen LogP) is 3.83. The molecule has 38 heavy (non-hydrogen) atoms. The number of carbonyl (C=O) groups excluding carboxylic acids is 1. The number of pyridine rings is 1. The molecule has 1 spiro atoms. The van der Waals surface area contributed by atoms with Crippen LogP contribution in [0.5, 0.6) is 5.75 Å². The smallest absolute Gasteiger partial charge is 0.274 e. The maximum absolute atomic E-state index is 13.4. The fraction of sp³-hybridized carbons (Fsp3) is 0.556. The summed E-state index contributed by atoms with van der Waals surface area (Å²) >= 11 is 1.46. The van der Waals surface area contributed by atoms with Crippen LogP contribution in [0.25, 0.3) is 0 Å². The van der Waals surface area contributed by atoms with Crippen molar-refractivity contribution in [2.24, 2.45) is 5.41 Å². The van der Waals surface area contributed by atoms with E-state index < -0.39 is 6.86 Å². The van der Waals surface area contributed by atoms with Crippen molar-refractivity contribution in [2.75, 3.05) is 67.9 Å². The van der Waals surface area contributed by atoms with Crippen LogP contribution in [0.1, 0.15) is 43.1 Å². The average Bonchev–Trinajstić information content (AvgIpc) is 3.69. The molecule has 3 aliphatic rings. The minimum absolute atomic E-state index is 0.00797. The first kappa shape index (κ1) is 27.0. The summed E-state index contributed by atoms with van der Waals surface area (Å²) < 4.78 is 27.0. The van der Waals surface area contributed by atoms with E-state index >= 15 is 0 Å². The number of ether oxygens (including phenoxy) is 2. The number of nitrogens with one attached hydrogen (secondary N) is 2. The Bertz CT molecular complexity index is 1120. The Morgan fingerprint density at radius 2 is 2.03 bits per heavy atom. The number of amides is 1. The molecule has 1 aromatic carbocycles. The van der Waals surface area contributed by atoms with Gasteiger partial charge < -0.3 is 29.7 Å². The van der Waals surface area contributed by atoms with Gasteiger partial charge in [0.15, 0.2) is 11.6 Å². The zero-order valence-electron chi connectivity index (χ0n) is 21.7. The molecule has 1 aliphatic carbocycles. The highest BCUT2D eigenvalue weighted by atomic mass is 32.2. The highest BCUT2D eigenvalue weighted by Gasteiger charge is 2.44. The van der Waals surface area contributed by atoms with E-state index in [1.807, 2.05) is 24.0 Å². The molecule has 1 atom stereocenters. The number of hydrogen-bond acceptors (Lipinski definition) is 9. The van der Waals surface area contributed by atoms with Crippen LogP contribution in [0.3, 0.4) is 0 Å². The van der Waals surface area contributed by atoms with Crippen LogP contribution in [-0.4, -0.2) is 74.9 Å². The van der Waals surface area contributed by atoms with Crippen LogP contribution >= 0.6 is 11.9 Å². The third-order valence-corrected chi connectivity index (χ3v) is 8.40. The molecule has 1 aromatic heterocycles. The van der Waals surface area contributed by atoms with Crippen LogP contribution in [0, 0.1) is 5.41 Å². The Balaban J connectivity index is 1.37. The van der Waals surface area contributed by atoms with E-state index in [0.717, 1.165) is 29.4 Å². The van der Waals surface area contributed by atoms with E-state index in [2.05, 4.69) is 26.0 Å². The second kappa shape index (κ2) is 12.1. The third-order valence-electron chi connectivity index (χ3n) is 7.57. The number of hydrogen-bond donors (Lipinski definition) is 3. The lowest BCUT2D eigenvalue weighted by molar-refractivity contribution is 0.0526. The van der Waals surface area contributed by atoms with Gasteiger partial charge in [-0.2, -0.15) is 0 Å². The Labute approximate surface area is 227 Å². The van der Waals surface area contributed by atoms with Crippen molar-refractivity contribution in [3.8, 4) is 5.75 Å². The molecule has 0 bridgehead atoms. The van der Waals surface area contributed by atoms with Crippen LogP contribution < -0.4 is 24.6 Å². The summed E-state index contributed by atoms with van der Waals surface area (Å²) in [5.74, 6) is 0.408. The standard InChI is InChI=1S/C27H36FN5O4S/c1-19-17-33(13-15-36-19)25-24(37-18-28)5-4-22(30-25)26(35)31-21-3-2-20(38-29-10-14-34)16-23(21)32-11-8-27(6-7-27)9-12-32/h2-5,16,19,29,34H,6-15,17-18H2,1H3,(H,31,35)/t19-/m0/s1. The molecule has 0 radical (unpaired) electrons. The molecular weight excluding hydrogens is 509 g/mol. The minimum atomic E-state index is -0.974. The summed E-state index contributed by atoms with van der Waals surface area (Å²) in [5, 5.41) is 12.2. The molecule has 3 heterocycles. The summed E-state index contributed by atoms with van der Waals surface area (Å²) in [5.41, 5.74) is 2.47. The lowest BCUT2D eigenvalue weighted by Gasteiger charge is -2.35. The van der Waals surface area contributed by atoms with Gasteiger partial charge in [0, 0.05) is 37.6 Å². The SMILES string of the molecule is C[C@H]1CN(c2nc(C(=O)Nc3ccc(SNCCO)cc3N3CCC4(CC3)CC4)ccc2OCF)CCO1. The van der Waals surface area contributed by atoms with Crippen molar-refractivity contribution in [3.05, 3.63) is 36.0 Å². The Kier molecular flexibility index (Phi) is 8.57. The van der Waals surface area contributed by atoms with Crippen LogP contribution in [0.15, 0.2) is 35.2 Å². The van der Waals surface area contributed by atoms with Gasteiger partial charge in [0.05, 0.1) is 30.7 Å². The van der Waals surface area contributed by atoms with Crippen LogP contribution in [-0.2, 0) is 4.74 Å². The molecule has 1 saturated carbocycles. The van der Waals surface area contributed by atoms with E-state index in [-0.39, 0.29) is 24.3 Å². The third kappa shape index (κ3) is 6.33. The summed E-state index contributed by atoms with van der Waals surface area (Å²) in [7, 11) is 0. The topological polar surface area (TPSA) is 99.2 Å². The van der Waals surface area contributed by atoms with Crippen molar-refractivity contribution in [1.29, 1.82) is 0 Å². The molecule has 0 unspecified atom stereocenters. The van der Waals surface area contributed by atoms with Crippen molar-refractivity contribution in [2.45, 2.75) is 43.6 Å². The van der Waals surface area contributed by atoms with Gasteiger partial charge in [-0.3, -0.25) is 9.52 Å². The molecule has 11 heteroatoms. The molecule has 1 amide bonds. The summed E-state index contributed by atoms with van der Waals surface area (Å²) in [6, 6.07) is 9.12. The number of aromatic nitrogens is 1. The molecule has 3 N–H and O–H groups in total. The largest absolute Gasteiger partial charge is 0.459 e. The number of halogens is 1. The van der Waals surface area contributed by atoms with Gasteiger partial charge >= 0.3 is 0 Å². The maximum Gasteiger partial charge on any atom is 0.274 e. The van der Waals surface area contributed by atoms with Crippen molar-refractivity contribution < 1.29 is 23.8 Å². The summed E-state index contributed by atoms with van der Waals surface area (Å²) in [6.45, 7) is 5.12. The van der Waals surface area contributed by atoms with E-state index in [4.69, 9.17) is 14.6 Å². The molecular formula is C27H36FN5O4S. The van der Waals surface area contributed by atoms with E-state index in [0.29, 0.717) is 43.2 Å². The minimum Gasteiger partial charge on any atom is -0.459 e. The molecule has 9 nitrogen and oxygen atoms in total. The lowest BCUT2D eigenvalue weighted by Crippen LogP contribution is -2.42. The first-order valence-electron chi connectivity index (χ1n) is 13.3. The number of morpholine rings is 1. The number of piperidine rings is 1. The van der Waals surface area contributed by atoms with E-state index in [1.165, 1.54) is 37.6 Å². The molecule has 3 fully saturated rings. The van der Waals surface area contributed by atoms with Gasteiger partial charge in [0.1, 0.15) is 5.69 Å². The van der Waals surface area contributed by atoms with Gasteiger partial charge in [-0.1, -0.05) is 0 Å². The molecule has 206 valence electrons. The number of anilines is 3. The van der Waals surface area contributed by atoms with Gasteiger partial charge in [-0.15, -0.1) is 0 Å². The number of nitrogens with zero attached hydrogens (tertiary/aromatic N) is 3. The lowest BCUT2D eigenvalue weighted by atomic mass is 9.93. The monoisotopic (exact) mass is 545 g/mol. The highest BCUT2D eigenvalue weighted by molar-refractivity contribution is 7.97. The first-order chi connectivity index (χ1) is 18.5. The van der Waals surface area contributed by atoms with Gasteiger partial charge in [0.25, 0.3) is 5.91 Å². The van der Waals surface area contributed by atoms with E-state index in [9.17, 15) is 9.18 Å². The molecule has 2 aromatic rings. The quantitative estimate of drug-likeness (QED) is 0.304. The number of aliphatic hydroxyl groups excluding tert-OH is 1. The number of alkyl halides is 1. The Morgan fingerprint density at radius 3 is 2.74 bits per heavy atom. The highest BCUT2D eigenvalue weighted by Crippen LogP contribution is 2.54. The fourth-order valence-electron chi connectivity index (χ4n) is 5.18. The number of aliphatic hydroxyl groups is 1. The molecule has 5 rings (SSSR count). The van der Waals surface area contributed by atoms with Crippen LogP contribution in [0.4, 0.5) is 21.6 Å². The van der Waals surface area contributed by atoms with Gasteiger partial charge in [-0.25, -0.2) is 9.37 Å². The average molecular weight is 546 g/mol. The first-order valence-corrected chi connectivity index (χ1v) is 14.1. The summed E-state index contributed by atoms with van der Waals surface area (Å²) in [6.07, 6.45) is 4.97. The number of benzene rings is 1. The van der Waals surface area contributed by atoms with Crippen molar-refractivity contribution in [1.82, 2.24) is 9.71 Å². The molecule has 2 saturated heterocycles.